The summed E-state index contributed by atoms with van der Waals surface area (Å²) in [5, 5.41) is 10.2. The van der Waals surface area contributed by atoms with Gasteiger partial charge < -0.3 is 9.84 Å². The first-order valence-corrected chi connectivity index (χ1v) is 9.42. The molecule has 1 atom stereocenters. The van der Waals surface area contributed by atoms with Crippen molar-refractivity contribution in [2.24, 2.45) is 5.92 Å². The fraction of sp³-hybridized carbons (Fsp3) is 0.625. The van der Waals surface area contributed by atoms with Crippen molar-refractivity contribution >= 4 is 10.0 Å². The van der Waals surface area contributed by atoms with Crippen molar-refractivity contribution in [3.05, 3.63) is 24.3 Å². The zero-order chi connectivity index (χ0) is 16.0. The fourth-order valence-electron chi connectivity index (χ4n) is 2.91. The molecule has 1 unspecified atom stereocenters. The third-order valence-electron chi connectivity index (χ3n) is 4.11. The van der Waals surface area contributed by atoms with Gasteiger partial charge in [-0.15, -0.1) is 0 Å². The van der Waals surface area contributed by atoms with E-state index in [0.29, 0.717) is 12.4 Å². The average molecular weight is 327 g/mol. The van der Waals surface area contributed by atoms with Gasteiger partial charge in [0.1, 0.15) is 10.6 Å². The highest BCUT2D eigenvalue weighted by molar-refractivity contribution is 7.89. The van der Waals surface area contributed by atoms with Crippen molar-refractivity contribution in [2.75, 3.05) is 13.2 Å². The van der Waals surface area contributed by atoms with E-state index in [-0.39, 0.29) is 17.4 Å². The maximum atomic E-state index is 12.4. The van der Waals surface area contributed by atoms with Gasteiger partial charge in [-0.05, 0) is 37.8 Å². The smallest absolute Gasteiger partial charge is 0.244 e. The number of benzene rings is 1. The van der Waals surface area contributed by atoms with Crippen molar-refractivity contribution in [3.63, 3.8) is 0 Å². The van der Waals surface area contributed by atoms with Crippen molar-refractivity contribution < 1.29 is 18.3 Å². The Balaban J connectivity index is 2.01. The van der Waals surface area contributed by atoms with Gasteiger partial charge in [0.15, 0.2) is 0 Å². The molecule has 5 nitrogen and oxygen atoms in total. The van der Waals surface area contributed by atoms with E-state index in [1.165, 1.54) is 12.5 Å². The number of rotatable bonds is 7. The molecular weight excluding hydrogens is 302 g/mol. The van der Waals surface area contributed by atoms with E-state index in [4.69, 9.17) is 4.74 Å². The maximum absolute atomic E-state index is 12.4. The van der Waals surface area contributed by atoms with Gasteiger partial charge in [0, 0.05) is 6.54 Å². The number of hydrogen-bond donors (Lipinski definition) is 2. The molecule has 0 spiro atoms. The van der Waals surface area contributed by atoms with Crippen molar-refractivity contribution in [3.8, 4) is 5.75 Å². The average Bonchev–Trinajstić information content (AvgIpc) is 2.54. The number of aliphatic hydroxyl groups is 1. The molecule has 1 aromatic rings. The molecule has 0 aliphatic heterocycles. The number of ether oxygens (including phenoxy) is 1. The number of para-hydroxylation sites is 1. The van der Waals surface area contributed by atoms with E-state index in [2.05, 4.69) is 4.72 Å². The Kier molecular flexibility index (Phi) is 6.23. The Morgan fingerprint density at radius 3 is 2.64 bits per heavy atom. The van der Waals surface area contributed by atoms with E-state index in [9.17, 15) is 13.5 Å². The summed E-state index contributed by atoms with van der Waals surface area (Å²) in [6, 6.07) is 6.55. The number of sulfonamides is 1. The molecule has 2 rings (SSSR count). The molecule has 2 N–H and O–H groups in total. The summed E-state index contributed by atoms with van der Waals surface area (Å²) in [6.45, 7) is 2.26. The topological polar surface area (TPSA) is 75.6 Å². The molecule has 0 heterocycles. The zero-order valence-corrected chi connectivity index (χ0v) is 13.8. The summed E-state index contributed by atoms with van der Waals surface area (Å²) >= 11 is 0. The summed E-state index contributed by atoms with van der Waals surface area (Å²) in [7, 11) is -3.68. The first-order valence-electron chi connectivity index (χ1n) is 7.94. The molecule has 1 saturated carbocycles. The second-order valence-corrected chi connectivity index (χ2v) is 7.43. The lowest BCUT2D eigenvalue weighted by molar-refractivity contribution is 0.0888. The third kappa shape index (κ3) is 4.44. The molecule has 1 aliphatic carbocycles. The molecule has 0 radical (unpaired) electrons. The van der Waals surface area contributed by atoms with E-state index >= 15 is 0 Å². The van der Waals surface area contributed by atoms with Crippen LogP contribution >= 0.6 is 0 Å². The Bertz CT molecular complexity index is 567. The van der Waals surface area contributed by atoms with Crippen molar-refractivity contribution in [2.45, 2.75) is 50.0 Å². The monoisotopic (exact) mass is 327 g/mol. The van der Waals surface area contributed by atoms with Crippen LogP contribution in [0.4, 0.5) is 0 Å². The molecule has 1 aliphatic rings. The molecule has 0 aromatic heterocycles. The third-order valence-corrected chi connectivity index (χ3v) is 5.58. The number of aliphatic hydroxyl groups excluding tert-OH is 1. The van der Waals surface area contributed by atoms with Gasteiger partial charge in [-0.25, -0.2) is 13.1 Å². The van der Waals surface area contributed by atoms with Gasteiger partial charge in [0.05, 0.1) is 12.7 Å². The zero-order valence-electron chi connectivity index (χ0n) is 13.0. The summed E-state index contributed by atoms with van der Waals surface area (Å²) in [5.74, 6) is 0.531. The van der Waals surface area contributed by atoms with Crippen LogP contribution in [-0.2, 0) is 10.0 Å². The van der Waals surface area contributed by atoms with Crippen LogP contribution in [0.25, 0.3) is 0 Å². The SMILES string of the molecule is CCOc1ccccc1S(=O)(=O)NCC(O)C1CCCCC1. The van der Waals surface area contributed by atoms with Gasteiger partial charge in [0.25, 0.3) is 0 Å². The van der Waals surface area contributed by atoms with Crippen LogP contribution in [0.5, 0.6) is 5.75 Å². The van der Waals surface area contributed by atoms with Crippen molar-refractivity contribution in [1.82, 2.24) is 4.72 Å². The van der Waals surface area contributed by atoms with Crippen LogP contribution < -0.4 is 9.46 Å². The van der Waals surface area contributed by atoms with Crippen LogP contribution in [0.2, 0.25) is 0 Å². The lowest BCUT2D eigenvalue weighted by Gasteiger charge is -2.26. The largest absolute Gasteiger partial charge is 0.492 e. The molecule has 0 amide bonds. The van der Waals surface area contributed by atoms with Gasteiger partial charge in [0.2, 0.25) is 10.0 Å². The van der Waals surface area contributed by atoms with Gasteiger partial charge in [-0.3, -0.25) is 0 Å². The van der Waals surface area contributed by atoms with Crippen molar-refractivity contribution in [1.29, 1.82) is 0 Å². The molecule has 6 heteroatoms. The first kappa shape index (κ1) is 17.2. The second-order valence-electron chi connectivity index (χ2n) is 5.70. The Morgan fingerprint density at radius 2 is 1.95 bits per heavy atom. The first-order chi connectivity index (χ1) is 10.5. The minimum Gasteiger partial charge on any atom is -0.492 e. The van der Waals surface area contributed by atoms with Gasteiger partial charge in [-0.1, -0.05) is 31.4 Å². The molecule has 0 bridgehead atoms. The normalized spacial score (nSPS) is 18.1. The summed E-state index contributed by atoms with van der Waals surface area (Å²) in [6.07, 6.45) is 4.74. The van der Waals surface area contributed by atoms with Crippen LogP contribution in [-0.4, -0.2) is 32.8 Å². The molecule has 124 valence electrons. The predicted octanol–water partition coefficient (Wildman–Crippen LogP) is 2.30. The molecular formula is C16H25NO4S. The fourth-order valence-corrected chi connectivity index (χ4v) is 4.10. The lowest BCUT2D eigenvalue weighted by Crippen LogP contribution is -2.37. The minimum atomic E-state index is -3.68. The van der Waals surface area contributed by atoms with Gasteiger partial charge >= 0.3 is 0 Å². The minimum absolute atomic E-state index is 0.0491. The van der Waals surface area contributed by atoms with Crippen LogP contribution in [0.3, 0.4) is 0 Å². The molecule has 22 heavy (non-hydrogen) atoms. The lowest BCUT2D eigenvalue weighted by atomic mass is 9.85. The van der Waals surface area contributed by atoms with Crippen LogP contribution in [0, 0.1) is 5.92 Å². The van der Waals surface area contributed by atoms with E-state index in [1.54, 1.807) is 18.2 Å². The van der Waals surface area contributed by atoms with Gasteiger partial charge in [-0.2, -0.15) is 0 Å². The highest BCUT2D eigenvalue weighted by Gasteiger charge is 2.25. The van der Waals surface area contributed by atoms with E-state index in [1.807, 2.05) is 6.92 Å². The summed E-state index contributed by atoms with van der Waals surface area (Å²) < 4.78 is 32.7. The quantitative estimate of drug-likeness (QED) is 0.806. The Morgan fingerprint density at radius 1 is 1.27 bits per heavy atom. The molecule has 0 saturated heterocycles. The Labute approximate surface area is 132 Å². The van der Waals surface area contributed by atoms with Crippen LogP contribution in [0.1, 0.15) is 39.0 Å². The highest BCUT2D eigenvalue weighted by Crippen LogP contribution is 2.27. The molecule has 1 aromatic carbocycles. The van der Waals surface area contributed by atoms with Crippen LogP contribution in [0.15, 0.2) is 29.2 Å². The van der Waals surface area contributed by atoms with E-state index < -0.39 is 16.1 Å². The standard InChI is InChI=1S/C16H25NO4S/c1-2-21-15-10-6-7-11-16(15)22(19,20)17-12-14(18)13-8-4-3-5-9-13/h6-7,10-11,13-14,17-18H,2-5,8-9,12H2,1H3. The highest BCUT2D eigenvalue weighted by atomic mass is 32.2. The van der Waals surface area contributed by atoms with E-state index in [0.717, 1.165) is 25.7 Å². The summed E-state index contributed by atoms with van der Waals surface area (Å²) in [5.41, 5.74) is 0. The number of nitrogens with one attached hydrogen (secondary N) is 1. The predicted molar refractivity (Wildman–Crippen MR) is 85.4 cm³/mol. The molecule has 1 fully saturated rings. The number of hydrogen-bond acceptors (Lipinski definition) is 4. The maximum Gasteiger partial charge on any atom is 0.244 e. The Hall–Kier alpha value is -1.11. The second kappa shape index (κ2) is 7.94. The summed E-state index contributed by atoms with van der Waals surface area (Å²) in [4.78, 5) is 0.118.